The van der Waals surface area contributed by atoms with Gasteiger partial charge in [0.25, 0.3) is 0 Å². The average molecular weight is 241 g/mol. The highest BCUT2D eigenvalue weighted by atomic mass is 15.3. The average Bonchev–Trinajstić information content (AvgIpc) is 3.04. The van der Waals surface area contributed by atoms with Gasteiger partial charge in [-0.2, -0.15) is 10.4 Å². The predicted molar refractivity (Wildman–Crippen MR) is 71.4 cm³/mol. The molecule has 0 aliphatic carbocycles. The molecule has 92 valence electrons. The number of hydrogen-bond acceptors (Lipinski definition) is 3. The molecule has 2 rings (SSSR count). The van der Waals surface area contributed by atoms with Crippen LogP contribution in [0.2, 0.25) is 0 Å². The van der Waals surface area contributed by atoms with Gasteiger partial charge in [-0.1, -0.05) is 13.2 Å². The van der Waals surface area contributed by atoms with Crippen molar-refractivity contribution in [3.8, 4) is 6.07 Å². The molecule has 1 aliphatic rings. The number of hydrogen-bond donors (Lipinski definition) is 0. The zero-order valence-electron chi connectivity index (χ0n) is 10.2. The highest BCUT2D eigenvalue weighted by molar-refractivity contribution is 5.94. The molecule has 0 N–H and O–H groups in total. The molecular weight excluding hydrogens is 226 g/mol. The maximum absolute atomic E-state index is 9.03. The third kappa shape index (κ3) is 2.18. The monoisotopic (exact) mass is 241 g/mol. The molecule has 2 heterocycles. The Kier molecular flexibility index (Phi) is 3.58. The van der Waals surface area contributed by atoms with Gasteiger partial charge in [-0.05, 0) is 18.9 Å². The van der Waals surface area contributed by atoms with Crippen LogP contribution in [0.3, 0.4) is 0 Å². The fourth-order valence-corrected chi connectivity index (χ4v) is 1.98. The smallest absolute Gasteiger partial charge is 0.175 e. The Labute approximate surface area is 106 Å². The molecule has 0 unspecified atom stereocenters. The largest absolute Gasteiger partial charge is 0.357 e. The third-order valence-corrected chi connectivity index (χ3v) is 2.90. The molecule has 0 amide bonds. The number of aliphatic imine (C=N–C) groups is 1. The Morgan fingerprint density at radius 2 is 2.17 bits per heavy atom. The van der Waals surface area contributed by atoms with Crippen LogP contribution < -0.4 is 0 Å². The van der Waals surface area contributed by atoms with Crippen LogP contribution in [0, 0.1) is 11.3 Å². The molecule has 1 aromatic rings. The lowest BCUT2D eigenvalue weighted by atomic mass is 10.3. The number of nitrogens with zero attached hydrogens (tertiary/aromatic N) is 5. The molecule has 5 heteroatoms. The summed E-state index contributed by atoms with van der Waals surface area (Å²) in [5.41, 5.74) is 0.438. The SMILES string of the molecule is C=C/C(=N\c1c(C#N)cnn1C=C)N1CCCC1. The van der Waals surface area contributed by atoms with Crippen molar-refractivity contribution in [3.63, 3.8) is 0 Å². The zero-order chi connectivity index (χ0) is 13.0. The maximum atomic E-state index is 9.03. The minimum Gasteiger partial charge on any atom is -0.357 e. The maximum Gasteiger partial charge on any atom is 0.175 e. The Bertz CT molecular complexity index is 526. The fourth-order valence-electron chi connectivity index (χ4n) is 1.98. The molecule has 1 saturated heterocycles. The molecule has 0 aromatic carbocycles. The first-order valence-electron chi connectivity index (χ1n) is 5.86. The van der Waals surface area contributed by atoms with E-state index in [9.17, 15) is 0 Å². The van der Waals surface area contributed by atoms with Crippen molar-refractivity contribution in [1.82, 2.24) is 14.7 Å². The van der Waals surface area contributed by atoms with Crippen molar-refractivity contribution < 1.29 is 0 Å². The lowest BCUT2D eigenvalue weighted by Gasteiger charge is -2.16. The Morgan fingerprint density at radius 3 is 2.72 bits per heavy atom. The van der Waals surface area contributed by atoms with E-state index in [1.54, 1.807) is 6.08 Å². The molecule has 0 radical (unpaired) electrons. The lowest BCUT2D eigenvalue weighted by Crippen LogP contribution is -2.25. The second-order valence-electron chi connectivity index (χ2n) is 3.99. The van der Waals surface area contributed by atoms with Gasteiger partial charge in [0, 0.05) is 19.3 Å². The molecule has 1 aliphatic heterocycles. The number of aromatic nitrogens is 2. The second kappa shape index (κ2) is 5.32. The van der Waals surface area contributed by atoms with Gasteiger partial charge in [0.1, 0.15) is 17.5 Å². The Morgan fingerprint density at radius 1 is 1.44 bits per heavy atom. The van der Waals surface area contributed by atoms with E-state index in [4.69, 9.17) is 5.26 Å². The first-order valence-corrected chi connectivity index (χ1v) is 5.86. The summed E-state index contributed by atoms with van der Waals surface area (Å²) < 4.78 is 1.50. The van der Waals surface area contributed by atoms with Crippen molar-refractivity contribution >= 4 is 17.9 Å². The van der Waals surface area contributed by atoms with Crippen LogP contribution in [0.5, 0.6) is 0 Å². The first kappa shape index (κ1) is 12.1. The van der Waals surface area contributed by atoms with Crippen molar-refractivity contribution in [1.29, 1.82) is 5.26 Å². The van der Waals surface area contributed by atoms with Gasteiger partial charge < -0.3 is 4.90 Å². The van der Waals surface area contributed by atoms with E-state index in [1.807, 2.05) is 0 Å². The van der Waals surface area contributed by atoms with Gasteiger partial charge in [-0.3, -0.25) is 0 Å². The van der Waals surface area contributed by atoms with Crippen LogP contribution in [0.4, 0.5) is 5.82 Å². The summed E-state index contributed by atoms with van der Waals surface area (Å²) in [5, 5.41) is 13.1. The minimum absolute atomic E-state index is 0.438. The Balaban J connectivity index is 2.40. The molecule has 0 bridgehead atoms. The normalized spacial score (nSPS) is 15.5. The molecule has 0 atom stereocenters. The van der Waals surface area contributed by atoms with E-state index in [0.717, 1.165) is 18.9 Å². The van der Waals surface area contributed by atoms with Crippen molar-refractivity contribution in [3.05, 3.63) is 31.0 Å². The van der Waals surface area contributed by atoms with E-state index >= 15 is 0 Å². The number of likely N-dealkylation sites (tertiary alicyclic amines) is 1. The van der Waals surface area contributed by atoms with Gasteiger partial charge in [-0.15, -0.1) is 0 Å². The zero-order valence-corrected chi connectivity index (χ0v) is 10.2. The molecular formula is C13H15N5. The van der Waals surface area contributed by atoms with Gasteiger partial charge in [-0.25, -0.2) is 9.67 Å². The lowest BCUT2D eigenvalue weighted by molar-refractivity contribution is 0.522. The highest BCUT2D eigenvalue weighted by Crippen LogP contribution is 2.20. The quantitative estimate of drug-likeness (QED) is 0.602. The molecule has 1 fully saturated rings. The van der Waals surface area contributed by atoms with E-state index in [1.165, 1.54) is 29.9 Å². The van der Waals surface area contributed by atoms with Crippen LogP contribution in [0.15, 0.2) is 30.4 Å². The molecule has 1 aromatic heterocycles. The first-order chi connectivity index (χ1) is 8.80. The van der Waals surface area contributed by atoms with Gasteiger partial charge in [0.05, 0.1) is 6.20 Å². The summed E-state index contributed by atoms with van der Waals surface area (Å²) in [6.45, 7) is 9.40. The van der Waals surface area contributed by atoms with Gasteiger partial charge in [0.2, 0.25) is 0 Å². The minimum atomic E-state index is 0.438. The number of rotatable bonds is 3. The summed E-state index contributed by atoms with van der Waals surface area (Å²) in [4.78, 5) is 6.65. The summed E-state index contributed by atoms with van der Waals surface area (Å²) in [7, 11) is 0. The molecule has 0 saturated carbocycles. The van der Waals surface area contributed by atoms with Gasteiger partial charge in [0.15, 0.2) is 5.82 Å². The van der Waals surface area contributed by atoms with E-state index in [2.05, 4.69) is 34.2 Å². The van der Waals surface area contributed by atoms with Crippen molar-refractivity contribution in [2.24, 2.45) is 4.99 Å². The summed E-state index contributed by atoms with van der Waals surface area (Å²) >= 11 is 0. The number of amidine groups is 1. The predicted octanol–water partition coefficient (Wildman–Crippen LogP) is 2.17. The van der Waals surface area contributed by atoms with Crippen LogP contribution in [-0.2, 0) is 0 Å². The van der Waals surface area contributed by atoms with E-state index in [0.29, 0.717) is 11.4 Å². The van der Waals surface area contributed by atoms with Crippen LogP contribution in [0.25, 0.3) is 6.20 Å². The van der Waals surface area contributed by atoms with Crippen LogP contribution in [0.1, 0.15) is 18.4 Å². The standard InChI is InChI=1S/C13H15N5/c1-3-12(17-7-5-6-8-17)16-13-11(9-14)10-15-18(13)4-2/h3-4,10H,1-2,5-8H2/b16-12+. The fraction of sp³-hybridized carbons (Fsp3) is 0.308. The van der Waals surface area contributed by atoms with Crippen LogP contribution >= 0.6 is 0 Å². The number of nitriles is 1. The highest BCUT2D eigenvalue weighted by Gasteiger charge is 2.16. The van der Waals surface area contributed by atoms with Crippen molar-refractivity contribution in [2.75, 3.05) is 13.1 Å². The third-order valence-electron chi connectivity index (χ3n) is 2.90. The van der Waals surface area contributed by atoms with Crippen LogP contribution in [-0.4, -0.2) is 33.6 Å². The topological polar surface area (TPSA) is 57.2 Å². The summed E-state index contributed by atoms with van der Waals surface area (Å²) in [6, 6.07) is 2.08. The van der Waals surface area contributed by atoms with Gasteiger partial charge >= 0.3 is 0 Å². The summed E-state index contributed by atoms with van der Waals surface area (Å²) in [5.74, 6) is 1.29. The van der Waals surface area contributed by atoms with E-state index < -0.39 is 0 Å². The molecule has 0 spiro atoms. The molecule has 18 heavy (non-hydrogen) atoms. The van der Waals surface area contributed by atoms with E-state index in [-0.39, 0.29) is 0 Å². The second-order valence-corrected chi connectivity index (χ2v) is 3.99. The Hall–Kier alpha value is -2.35. The molecule has 5 nitrogen and oxygen atoms in total. The summed E-state index contributed by atoms with van der Waals surface area (Å²) in [6.07, 6.45) is 7.07. The van der Waals surface area contributed by atoms with Crippen molar-refractivity contribution in [2.45, 2.75) is 12.8 Å².